The van der Waals surface area contributed by atoms with Crippen LogP contribution < -0.4 is 11.1 Å². The molecule has 112 valence electrons. The van der Waals surface area contributed by atoms with Gasteiger partial charge in [0, 0.05) is 24.0 Å². The fraction of sp³-hybridized carbons (Fsp3) is 0.357. The summed E-state index contributed by atoms with van der Waals surface area (Å²) in [4.78, 5) is 36.2. The van der Waals surface area contributed by atoms with E-state index in [1.54, 1.807) is 0 Å². The number of nitrogens with one attached hydrogen (secondary N) is 1. The fourth-order valence-corrected chi connectivity index (χ4v) is 2.51. The molecular formula is C14H16BrN3O3. The van der Waals surface area contributed by atoms with E-state index in [4.69, 9.17) is 5.73 Å². The number of primary amides is 1. The molecule has 1 aliphatic rings. The highest BCUT2D eigenvalue weighted by Gasteiger charge is 2.31. The van der Waals surface area contributed by atoms with Crippen molar-refractivity contribution in [1.82, 2.24) is 10.2 Å². The van der Waals surface area contributed by atoms with Crippen molar-refractivity contribution in [3.8, 4) is 0 Å². The number of hydrogen-bond donors (Lipinski definition) is 2. The number of benzene rings is 1. The molecule has 0 spiro atoms. The lowest BCUT2D eigenvalue weighted by Crippen LogP contribution is -2.41. The summed E-state index contributed by atoms with van der Waals surface area (Å²) in [5, 5.41) is 2.62. The first-order valence-corrected chi connectivity index (χ1v) is 7.33. The Morgan fingerprint density at radius 2 is 2.00 bits per heavy atom. The number of carbonyl (C=O) groups is 3. The van der Waals surface area contributed by atoms with Crippen molar-refractivity contribution in [1.29, 1.82) is 0 Å². The Hall–Kier alpha value is -1.89. The van der Waals surface area contributed by atoms with Crippen LogP contribution in [0.4, 0.5) is 0 Å². The van der Waals surface area contributed by atoms with E-state index < -0.39 is 11.8 Å². The summed E-state index contributed by atoms with van der Waals surface area (Å²) >= 11 is 3.34. The standard InChI is InChI=1S/C14H16BrN3O3/c15-11-3-1-9(2-4-11)7-18(8-12(16)19)14(21)10-5-13(20)17-6-10/h1-4,10H,5-8H2,(H2,16,19)(H,17,20). The molecule has 6 nitrogen and oxygen atoms in total. The Kier molecular flexibility index (Phi) is 4.95. The Morgan fingerprint density at radius 3 is 2.52 bits per heavy atom. The second kappa shape index (κ2) is 6.71. The summed E-state index contributed by atoms with van der Waals surface area (Å²) in [5.41, 5.74) is 6.11. The third-order valence-electron chi connectivity index (χ3n) is 3.27. The average molecular weight is 354 g/mol. The first-order chi connectivity index (χ1) is 9.95. The van der Waals surface area contributed by atoms with Gasteiger partial charge in [-0.15, -0.1) is 0 Å². The number of nitrogens with two attached hydrogens (primary N) is 1. The fourth-order valence-electron chi connectivity index (χ4n) is 2.25. The Bertz CT molecular complexity index is 559. The van der Waals surface area contributed by atoms with E-state index in [1.807, 2.05) is 24.3 Å². The highest BCUT2D eigenvalue weighted by molar-refractivity contribution is 9.10. The summed E-state index contributed by atoms with van der Waals surface area (Å²) < 4.78 is 0.935. The van der Waals surface area contributed by atoms with Gasteiger partial charge in [0.15, 0.2) is 0 Å². The normalized spacial score (nSPS) is 17.4. The topological polar surface area (TPSA) is 92.5 Å². The summed E-state index contributed by atoms with van der Waals surface area (Å²) in [6.45, 7) is 0.451. The molecule has 1 fully saturated rings. The van der Waals surface area contributed by atoms with Gasteiger partial charge in [-0.2, -0.15) is 0 Å². The lowest BCUT2D eigenvalue weighted by molar-refractivity contribution is -0.139. The molecule has 1 aliphatic heterocycles. The average Bonchev–Trinajstić information content (AvgIpc) is 2.86. The molecule has 1 atom stereocenters. The van der Waals surface area contributed by atoms with E-state index in [-0.39, 0.29) is 24.8 Å². The first-order valence-electron chi connectivity index (χ1n) is 6.54. The summed E-state index contributed by atoms with van der Waals surface area (Å²) in [5.74, 6) is -1.36. The maximum atomic E-state index is 12.4. The number of nitrogens with zero attached hydrogens (tertiary/aromatic N) is 1. The molecule has 1 heterocycles. The predicted octanol–water partition coefficient (Wildman–Crippen LogP) is 0.399. The largest absolute Gasteiger partial charge is 0.368 e. The van der Waals surface area contributed by atoms with Gasteiger partial charge in [-0.1, -0.05) is 28.1 Å². The van der Waals surface area contributed by atoms with Crippen LogP contribution in [0.2, 0.25) is 0 Å². The molecule has 1 unspecified atom stereocenters. The molecule has 1 aromatic rings. The molecule has 0 radical (unpaired) electrons. The van der Waals surface area contributed by atoms with Crippen molar-refractivity contribution in [2.45, 2.75) is 13.0 Å². The Labute approximate surface area is 130 Å². The van der Waals surface area contributed by atoms with E-state index in [1.165, 1.54) is 4.90 Å². The van der Waals surface area contributed by atoms with Gasteiger partial charge >= 0.3 is 0 Å². The predicted molar refractivity (Wildman–Crippen MR) is 79.9 cm³/mol. The molecule has 3 N–H and O–H groups in total. The van der Waals surface area contributed by atoms with Gasteiger partial charge in [-0.3, -0.25) is 14.4 Å². The van der Waals surface area contributed by atoms with Crippen LogP contribution in [-0.4, -0.2) is 35.7 Å². The second-order valence-corrected chi connectivity index (χ2v) is 5.91. The van der Waals surface area contributed by atoms with Crippen LogP contribution in [0.5, 0.6) is 0 Å². The van der Waals surface area contributed by atoms with Crippen molar-refractivity contribution in [2.24, 2.45) is 11.7 Å². The zero-order chi connectivity index (χ0) is 15.4. The van der Waals surface area contributed by atoms with E-state index in [2.05, 4.69) is 21.2 Å². The maximum absolute atomic E-state index is 12.4. The molecule has 0 bridgehead atoms. The monoisotopic (exact) mass is 353 g/mol. The van der Waals surface area contributed by atoms with Crippen molar-refractivity contribution in [3.63, 3.8) is 0 Å². The second-order valence-electron chi connectivity index (χ2n) is 4.99. The molecule has 3 amide bonds. The molecule has 21 heavy (non-hydrogen) atoms. The molecular weight excluding hydrogens is 338 g/mol. The third kappa shape index (κ3) is 4.29. The first kappa shape index (κ1) is 15.5. The van der Waals surface area contributed by atoms with Gasteiger partial charge in [0.1, 0.15) is 0 Å². The van der Waals surface area contributed by atoms with Crippen LogP contribution in [0.3, 0.4) is 0 Å². The van der Waals surface area contributed by atoms with Crippen LogP contribution in [0.25, 0.3) is 0 Å². The van der Waals surface area contributed by atoms with Gasteiger partial charge in [-0.05, 0) is 17.7 Å². The molecule has 1 aromatic carbocycles. The number of carbonyl (C=O) groups excluding carboxylic acids is 3. The molecule has 0 saturated carbocycles. The van der Waals surface area contributed by atoms with E-state index in [0.29, 0.717) is 13.1 Å². The zero-order valence-corrected chi connectivity index (χ0v) is 12.9. The lowest BCUT2D eigenvalue weighted by atomic mass is 10.1. The van der Waals surface area contributed by atoms with Crippen molar-refractivity contribution >= 4 is 33.7 Å². The number of halogens is 1. The van der Waals surface area contributed by atoms with Crippen LogP contribution in [0.15, 0.2) is 28.7 Å². The molecule has 1 saturated heterocycles. The van der Waals surface area contributed by atoms with Gasteiger partial charge in [0.25, 0.3) is 0 Å². The minimum Gasteiger partial charge on any atom is -0.368 e. The van der Waals surface area contributed by atoms with Crippen LogP contribution in [0, 0.1) is 5.92 Å². The highest BCUT2D eigenvalue weighted by Crippen LogP contribution is 2.16. The summed E-state index contributed by atoms with van der Waals surface area (Å²) in [6, 6.07) is 7.46. The van der Waals surface area contributed by atoms with Crippen molar-refractivity contribution in [3.05, 3.63) is 34.3 Å². The summed E-state index contributed by atoms with van der Waals surface area (Å²) in [7, 11) is 0. The SMILES string of the molecule is NC(=O)CN(Cc1ccc(Br)cc1)C(=O)C1CNC(=O)C1. The molecule has 2 rings (SSSR count). The minimum atomic E-state index is -0.572. The van der Waals surface area contributed by atoms with Gasteiger partial charge in [-0.25, -0.2) is 0 Å². The smallest absolute Gasteiger partial charge is 0.237 e. The minimum absolute atomic E-state index is 0.143. The molecule has 0 aliphatic carbocycles. The van der Waals surface area contributed by atoms with E-state index in [9.17, 15) is 14.4 Å². The summed E-state index contributed by atoms with van der Waals surface area (Å²) in [6.07, 6.45) is 0.161. The van der Waals surface area contributed by atoms with Gasteiger partial charge < -0.3 is 16.0 Å². The van der Waals surface area contributed by atoms with E-state index in [0.717, 1.165) is 10.0 Å². The van der Waals surface area contributed by atoms with Crippen LogP contribution in [-0.2, 0) is 20.9 Å². The Morgan fingerprint density at radius 1 is 1.33 bits per heavy atom. The molecule has 0 aromatic heterocycles. The van der Waals surface area contributed by atoms with Crippen LogP contribution >= 0.6 is 15.9 Å². The van der Waals surface area contributed by atoms with Gasteiger partial charge in [0.05, 0.1) is 12.5 Å². The number of rotatable bonds is 5. The van der Waals surface area contributed by atoms with Crippen molar-refractivity contribution < 1.29 is 14.4 Å². The zero-order valence-electron chi connectivity index (χ0n) is 11.3. The third-order valence-corrected chi connectivity index (χ3v) is 3.80. The van der Waals surface area contributed by atoms with Gasteiger partial charge in [0.2, 0.25) is 17.7 Å². The Balaban J connectivity index is 2.10. The maximum Gasteiger partial charge on any atom is 0.237 e. The number of amides is 3. The highest BCUT2D eigenvalue weighted by atomic mass is 79.9. The van der Waals surface area contributed by atoms with E-state index >= 15 is 0 Å². The quantitative estimate of drug-likeness (QED) is 0.802. The number of hydrogen-bond acceptors (Lipinski definition) is 3. The molecule has 7 heteroatoms. The lowest BCUT2D eigenvalue weighted by Gasteiger charge is -2.24. The van der Waals surface area contributed by atoms with Crippen molar-refractivity contribution in [2.75, 3.05) is 13.1 Å². The van der Waals surface area contributed by atoms with Crippen LogP contribution in [0.1, 0.15) is 12.0 Å².